The normalized spacial score (nSPS) is 15.9. The molecule has 32 heavy (non-hydrogen) atoms. The number of rotatable bonds is 8. The molecule has 3 rings (SSSR count). The lowest BCUT2D eigenvalue weighted by Crippen LogP contribution is -2.38. The van der Waals surface area contributed by atoms with Gasteiger partial charge in [-0.2, -0.15) is 0 Å². The lowest BCUT2D eigenvalue weighted by Gasteiger charge is -2.24. The van der Waals surface area contributed by atoms with Crippen LogP contribution in [-0.2, 0) is 19.6 Å². The van der Waals surface area contributed by atoms with Gasteiger partial charge in [0, 0.05) is 18.2 Å². The van der Waals surface area contributed by atoms with Gasteiger partial charge in [-0.15, -0.1) is 0 Å². The second kappa shape index (κ2) is 10.3. The zero-order chi connectivity index (χ0) is 23.3. The molecule has 0 aromatic heterocycles. The molecule has 1 saturated heterocycles. The number of amides is 2. The van der Waals surface area contributed by atoms with E-state index in [0.717, 1.165) is 23.4 Å². The molecule has 172 valence electrons. The minimum atomic E-state index is -3.75. The number of para-hydroxylation sites is 1. The maximum absolute atomic E-state index is 12.8. The molecule has 0 bridgehead atoms. The quantitative estimate of drug-likeness (QED) is 0.605. The number of hydrogen-bond acceptors (Lipinski definition) is 5. The van der Waals surface area contributed by atoms with E-state index < -0.39 is 22.5 Å². The van der Waals surface area contributed by atoms with Crippen LogP contribution in [0.5, 0.6) is 0 Å². The Bertz CT molecular complexity index is 1100. The van der Waals surface area contributed by atoms with Crippen LogP contribution in [0.25, 0.3) is 0 Å². The molecule has 1 aliphatic rings. The van der Waals surface area contributed by atoms with E-state index in [1.807, 2.05) is 0 Å². The smallest absolute Gasteiger partial charge is 0.253 e. The zero-order valence-corrected chi connectivity index (χ0v) is 19.5. The van der Waals surface area contributed by atoms with E-state index in [9.17, 15) is 18.0 Å². The van der Waals surface area contributed by atoms with Gasteiger partial charge in [0.15, 0.2) is 0 Å². The summed E-state index contributed by atoms with van der Waals surface area (Å²) >= 11 is 5.97. The summed E-state index contributed by atoms with van der Waals surface area (Å²) in [5, 5.41) is 5.95. The second-order valence-electron chi connectivity index (χ2n) is 7.64. The average Bonchev–Trinajstić information content (AvgIpc) is 3.24. The highest BCUT2D eigenvalue weighted by atomic mass is 35.5. The lowest BCUT2D eigenvalue weighted by molar-refractivity contribution is -0.114. The summed E-state index contributed by atoms with van der Waals surface area (Å²) in [6.45, 7) is 2.34. The minimum absolute atomic E-state index is 0.00774. The first-order chi connectivity index (χ1) is 15.1. The van der Waals surface area contributed by atoms with E-state index in [4.69, 9.17) is 16.3 Å². The van der Waals surface area contributed by atoms with Gasteiger partial charge < -0.3 is 15.4 Å². The van der Waals surface area contributed by atoms with Crippen LogP contribution in [0.3, 0.4) is 0 Å². The fourth-order valence-electron chi connectivity index (χ4n) is 3.50. The van der Waals surface area contributed by atoms with Crippen molar-refractivity contribution in [1.29, 1.82) is 0 Å². The number of benzene rings is 2. The fraction of sp³-hybridized carbons (Fsp3) is 0.364. The van der Waals surface area contributed by atoms with E-state index in [0.29, 0.717) is 35.1 Å². The Morgan fingerprint density at radius 1 is 1.22 bits per heavy atom. The van der Waals surface area contributed by atoms with Crippen LogP contribution in [0.15, 0.2) is 42.5 Å². The molecular formula is C22H26ClN3O5S. The summed E-state index contributed by atoms with van der Waals surface area (Å²) in [5.74, 6) is -0.922. The van der Waals surface area contributed by atoms with Crippen molar-refractivity contribution >= 4 is 44.8 Å². The van der Waals surface area contributed by atoms with E-state index in [2.05, 4.69) is 10.6 Å². The van der Waals surface area contributed by atoms with Crippen molar-refractivity contribution < 1.29 is 22.7 Å². The largest absolute Gasteiger partial charge is 0.376 e. The topological polar surface area (TPSA) is 105 Å². The molecule has 1 fully saturated rings. The molecule has 0 saturated carbocycles. The highest BCUT2D eigenvalue weighted by molar-refractivity contribution is 7.92. The van der Waals surface area contributed by atoms with Crippen molar-refractivity contribution in [1.82, 2.24) is 5.32 Å². The number of ether oxygens (including phenoxy) is 1. The van der Waals surface area contributed by atoms with Crippen molar-refractivity contribution in [2.24, 2.45) is 0 Å². The molecule has 2 aromatic carbocycles. The molecule has 2 aromatic rings. The van der Waals surface area contributed by atoms with Crippen LogP contribution in [0, 0.1) is 6.92 Å². The third-order valence-electron chi connectivity index (χ3n) is 5.08. The van der Waals surface area contributed by atoms with Gasteiger partial charge >= 0.3 is 0 Å². The molecule has 1 aliphatic heterocycles. The first kappa shape index (κ1) is 24.0. The Morgan fingerprint density at radius 2 is 1.97 bits per heavy atom. The van der Waals surface area contributed by atoms with Crippen molar-refractivity contribution in [3.05, 3.63) is 58.6 Å². The molecule has 8 nitrogen and oxygen atoms in total. The predicted molar refractivity (Wildman–Crippen MR) is 125 cm³/mol. The first-order valence-corrected chi connectivity index (χ1v) is 12.4. The average molecular weight is 480 g/mol. The first-order valence-electron chi connectivity index (χ1n) is 10.2. The van der Waals surface area contributed by atoms with Crippen LogP contribution in [0.4, 0.5) is 11.4 Å². The second-order valence-corrected chi connectivity index (χ2v) is 9.98. The molecule has 1 heterocycles. The third kappa shape index (κ3) is 6.21. The predicted octanol–water partition coefficient (Wildman–Crippen LogP) is 2.96. The van der Waals surface area contributed by atoms with Crippen molar-refractivity contribution in [2.45, 2.75) is 25.9 Å². The Balaban J connectivity index is 1.73. The highest BCUT2D eigenvalue weighted by Gasteiger charge is 2.24. The zero-order valence-electron chi connectivity index (χ0n) is 17.9. The van der Waals surface area contributed by atoms with Gasteiger partial charge in [-0.3, -0.25) is 13.9 Å². The van der Waals surface area contributed by atoms with Crippen LogP contribution in [0.2, 0.25) is 5.02 Å². The number of anilines is 2. The number of hydrogen-bond donors (Lipinski definition) is 2. The number of carbonyl (C=O) groups is 2. The maximum Gasteiger partial charge on any atom is 0.253 e. The maximum atomic E-state index is 12.8. The minimum Gasteiger partial charge on any atom is -0.376 e. The number of nitrogens with one attached hydrogen (secondary N) is 2. The summed E-state index contributed by atoms with van der Waals surface area (Å²) < 4.78 is 31.3. The van der Waals surface area contributed by atoms with Gasteiger partial charge in [-0.25, -0.2) is 8.42 Å². The lowest BCUT2D eigenvalue weighted by atomic mass is 10.1. The SMILES string of the molecule is Cc1cc(Cl)ccc1N(CC(=O)Nc1ccccc1C(=O)NC[C@@H]1CCCO1)S(C)(=O)=O. The van der Waals surface area contributed by atoms with Gasteiger partial charge in [0.25, 0.3) is 5.91 Å². The van der Waals surface area contributed by atoms with Crippen LogP contribution >= 0.6 is 11.6 Å². The van der Waals surface area contributed by atoms with Gasteiger partial charge in [-0.1, -0.05) is 23.7 Å². The van der Waals surface area contributed by atoms with E-state index in [-0.39, 0.29) is 17.6 Å². The van der Waals surface area contributed by atoms with Crippen molar-refractivity contribution in [3.63, 3.8) is 0 Å². The van der Waals surface area contributed by atoms with Crippen molar-refractivity contribution in [3.8, 4) is 0 Å². The molecule has 10 heteroatoms. The fourth-order valence-corrected chi connectivity index (χ4v) is 4.64. The van der Waals surface area contributed by atoms with Gasteiger partial charge in [0.2, 0.25) is 15.9 Å². The molecule has 1 atom stereocenters. The molecule has 0 unspecified atom stereocenters. The van der Waals surface area contributed by atoms with Crippen molar-refractivity contribution in [2.75, 3.05) is 35.6 Å². The summed E-state index contributed by atoms with van der Waals surface area (Å²) in [7, 11) is -3.75. The summed E-state index contributed by atoms with van der Waals surface area (Å²) in [6, 6.07) is 11.3. The number of nitrogens with zero attached hydrogens (tertiary/aromatic N) is 1. The number of aryl methyl sites for hydroxylation is 1. The standard InChI is InChI=1S/C22H26ClN3O5S/c1-15-12-16(23)9-10-20(15)26(32(2,29)30)14-21(27)25-19-8-4-3-7-18(19)22(28)24-13-17-6-5-11-31-17/h3-4,7-10,12,17H,5-6,11,13-14H2,1-2H3,(H,24,28)(H,25,27)/t17-/m0/s1. The number of sulfonamides is 1. The molecular weight excluding hydrogens is 454 g/mol. The van der Waals surface area contributed by atoms with E-state index in [1.54, 1.807) is 49.4 Å². The Kier molecular flexibility index (Phi) is 7.76. The Hall–Kier alpha value is -2.62. The van der Waals surface area contributed by atoms with E-state index >= 15 is 0 Å². The van der Waals surface area contributed by atoms with E-state index in [1.165, 1.54) is 0 Å². The Labute approximate surface area is 192 Å². The Morgan fingerprint density at radius 3 is 2.62 bits per heavy atom. The summed E-state index contributed by atoms with van der Waals surface area (Å²) in [5.41, 5.74) is 1.55. The molecule has 2 amide bonds. The van der Waals surface area contributed by atoms with Gasteiger partial charge in [0.1, 0.15) is 6.54 Å². The summed E-state index contributed by atoms with van der Waals surface area (Å²) in [6.07, 6.45) is 2.88. The highest BCUT2D eigenvalue weighted by Crippen LogP contribution is 2.26. The van der Waals surface area contributed by atoms with Crippen LogP contribution in [-0.4, -0.2) is 52.3 Å². The third-order valence-corrected chi connectivity index (χ3v) is 6.44. The molecule has 0 radical (unpaired) electrons. The van der Waals surface area contributed by atoms with Gasteiger partial charge in [0.05, 0.1) is 29.3 Å². The molecule has 0 spiro atoms. The monoisotopic (exact) mass is 479 g/mol. The summed E-state index contributed by atoms with van der Waals surface area (Å²) in [4.78, 5) is 25.4. The number of halogens is 1. The molecule has 0 aliphatic carbocycles. The van der Waals surface area contributed by atoms with Crippen LogP contribution in [0.1, 0.15) is 28.8 Å². The van der Waals surface area contributed by atoms with Crippen LogP contribution < -0.4 is 14.9 Å². The van der Waals surface area contributed by atoms with Gasteiger partial charge in [-0.05, 0) is 55.7 Å². The number of carbonyl (C=O) groups excluding carboxylic acids is 2. The molecule has 2 N–H and O–H groups in total.